The van der Waals surface area contributed by atoms with Crippen LogP contribution < -0.4 is 9.46 Å². The second-order valence-corrected chi connectivity index (χ2v) is 7.89. The van der Waals surface area contributed by atoms with E-state index in [0.717, 1.165) is 21.8 Å². The van der Waals surface area contributed by atoms with E-state index in [4.69, 9.17) is 4.74 Å². The molecule has 2 aromatic rings. The fraction of sp³-hybridized carbons (Fsp3) is 0.294. The lowest BCUT2D eigenvalue weighted by Gasteiger charge is -2.10. The third-order valence-corrected chi connectivity index (χ3v) is 5.45. The maximum atomic E-state index is 12.2. The number of rotatable bonds is 7. The Morgan fingerprint density at radius 3 is 2.22 bits per heavy atom. The maximum absolute atomic E-state index is 12.2. The van der Waals surface area contributed by atoms with Gasteiger partial charge in [0.1, 0.15) is 12.4 Å². The van der Waals surface area contributed by atoms with Gasteiger partial charge in [-0.1, -0.05) is 6.07 Å². The molecule has 2 aromatic carbocycles. The summed E-state index contributed by atoms with van der Waals surface area (Å²) in [5.74, 6) is 0.756. The number of hydrogen-bond donors (Lipinski definition) is 1. The Labute approximate surface area is 142 Å². The Kier molecular flexibility index (Phi) is 6.10. The lowest BCUT2D eigenvalue weighted by molar-refractivity contribution is 0.322. The minimum atomic E-state index is -3.50. The summed E-state index contributed by atoms with van der Waals surface area (Å²) in [7, 11) is -3.50. The first-order chi connectivity index (χ1) is 10.9. The summed E-state index contributed by atoms with van der Waals surface area (Å²) in [6.07, 6.45) is 1.95. The minimum absolute atomic E-state index is 0.222. The highest BCUT2D eigenvalue weighted by atomic mass is 32.2. The molecule has 0 aliphatic rings. The highest BCUT2D eigenvalue weighted by Crippen LogP contribution is 2.18. The van der Waals surface area contributed by atoms with Gasteiger partial charge in [-0.15, -0.1) is 11.8 Å². The van der Waals surface area contributed by atoms with Crippen LogP contribution in [-0.4, -0.2) is 27.8 Å². The number of nitrogens with one attached hydrogen (secondary N) is 1. The number of benzene rings is 2. The normalized spacial score (nSPS) is 11.4. The molecule has 0 radical (unpaired) electrons. The third-order valence-electron chi connectivity index (χ3n) is 3.23. The Morgan fingerprint density at radius 2 is 1.65 bits per heavy atom. The van der Waals surface area contributed by atoms with Gasteiger partial charge in [0, 0.05) is 11.4 Å². The molecule has 0 aliphatic heterocycles. The van der Waals surface area contributed by atoms with Crippen LogP contribution in [0.1, 0.15) is 11.1 Å². The van der Waals surface area contributed by atoms with Crippen molar-refractivity contribution in [2.75, 3.05) is 19.4 Å². The first-order valence-corrected chi connectivity index (χ1v) is 9.96. The van der Waals surface area contributed by atoms with Crippen molar-refractivity contribution in [3.05, 3.63) is 53.6 Å². The number of sulfonamides is 1. The molecule has 0 atom stereocenters. The zero-order valence-electron chi connectivity index (χ0n) is 13.5. The first kappa shape index (κ1) is 17.8. The Morgan fingerprint density at radius 1 is 1.04 bits per heavy atom. The quantitative estimate of drug-likeness (QED) is 0.614. The fourth-order valence-corrected chi connectivity index (χ4v) is 3.62. The molecular weight excluding hydrogens is 330 g/mol. The molecule has 0 unspecified atom stereocenters. The molecule has 0 aliphatic carbocycles. The van der Waals surface area contributed by atoms with Gasteiger partial charge in [0.15, 0.2) is 0 Å². The van der Waals surface area contributed by atoms with Crippen molar-refractivity contribution in [3.8, 4) is 5.75 Å². The van der Waals surface area contributed by atoms with E-state index in [1.165, 1.54) is 0 Å². The number of thioether (sulfide) groups is 1. The van der Waals surface area contributed by atoms with E-state index in [1.54, 1.807) is 36.0 Å². The van der Waals surface area contributed by atoms with Crippen LogP contribution in [0, 0.1) is 13.8 Å². The highest BCUT2D eigenvalue weighted by Gasteiger charge is 2.13. The summed E-state index contributed by atoms with van der Waals surface area (Å²) >= 11 is 1.57. The summed E-state index contributed by atoms with van der Waals surface area (Å²) in [5, 5.41) is 0. The van der Waals surface area contributed by atoms with Crippen molar-refractivity contribution < 1.29 is 13.2 Å². The molecule has 0 fully saturated rings. The topological polar surface area (TPSA) is 55.4 Å². The average molecular weight is 351 g/mol. The second-order valence-electron chi connectivity index (χ2n) is 5.25. The second kappa shape index (κ2) is 7.86. The van der Waals surface area contributed by atoms with Crippen LogP contribution in [0.2, 0.25) is 0 Å². The molecule has 0 amide bonds. The van der Waals surface area contributed by atoms with Crippen molar-refractivity contribution in [2.24, 2.45) is 0 Å². The van der Waals surface area contributed by atoms with E-state index < -0.39 is 10.0 Å². The van der Waals surface area contributed by atoms with Crippen LogP contribution in [0.3, 0.4) is 0 Å². The smallest absolute Gasteiger partial charge is 0.240 e. The lowest BCUT2D eigenvalue weighted by atomic mass is 10.1. The van der Waals surface area contributed by atoms with Crippen molar-refractivity contribution in [3.63, 3.8) is 0 Å². The summed E-state index contributed by atoms with van der Waals surface area (Å²) in [6.45, 7) is 4.51. The number of hydrogen-bond acceptors (Lipinski definition) is 4. The zero-order chi connectivity index (χ0) is 16.9. The van der Waals surface area contributed by atoms with Gasteiger partial charge in [0.25, 0.3) is 0 Å². The van der Waals surface area contributed by atoms with Crippen molar-refractivity contribution in [1.82, 2.24) is 4.72 Å². The van der Waals surface area contributed by atoms with E-state index in [-0.39, 0.29) is 18.0 Å². The van der Waals surface area contributed by atoms with Crippen molar-refractivity contribution >= 4 is 21.8 Å². The molecule has 0 saturated carbocycles. The molecule has 23 heavy (non-hydrogen) atoms. The monoisotopic (exact) mass is 351 g/mol. The molecule has 124 valence electrons. The fourth-order valence-electron chi connectivity index (χ4n) is 2.20. The summed E-state index contributed by atoms with van der Waals surface area (Å²) in [6, 6.07) is 12.7. The zero-order valence-corrected chi connectivity index (χ0v) is 15.1. The molecule has 0 saturated heterocycles. The van der Waals surface area contributed by atoms with E-state index in [9.17, 15) is 8.42 Å². The molecule has 0 spiro atoms. The van der Waals surface area contributed by atoms with E-state index >= 15 is 0 Å². The minimum Gasteiger partial charge on any atom is -0.492 e. The molecule has 6 heteroatoms. The molecule has 0 bridgehead atoms. The predicted molar refractivity (Wildman–Crippen MR) is 94.8 cm³/mol. The van der Waals surface area contributed by atoms with E-state index in [1.807, 2.05) is 32.2 Å². The van der Waals surface area contributed by atoms with Gasteiger partial charge in [0.2, 0.25) is 10.0 Å². The molecular formula is C17H21NO3S2. The van der Waals surface area contributed by atoms with Crippen LogP contribution >= 0.6 is 11.8 Å². The van der Waals surface area contributed by atoms with Crippen LogP contribution in [-0.2, 0) is 10.0 Å². The largest absolute Gasteiger partial charge is 0.492 e. The molecule has 0 aromatic heterocycles. The standard InChI is InChI=1S/C17H21NO3S2/c1-13-10-14(2)12-15(11-13)21-9-8-18-23(19,20)17-6-4-16(22-3)5-7-17/h4-7,10-12,18H,8-9H2,1-3H3. The van der Waals surface area contributed by atoms with Crippen LogP contribution in [0.4, 0.5) is 0 Å². The summed E-state index contributed by atoms with van der Waals surface area (Å²) < 4.78 is 32.5. The average Bonchev–Trinajstić information content (AvgIpc) is 2.51. The third kappa shape index (κ3) is 5.27. The van der Waals surface area contributed by atoms with Gasteiger partial charge in [-0.3, -0.25) is 0 Å². The highest BCUT2D eigenvalue weighted by molar-refractivity contribution is 7.98. The van der Waals surface area contributed by atoms with E-state index in [0.29, 0.717) is 0 Å². The van der Waals surface area contributed by atoms with Gasteiger partial charge in [-0.05, 0) is 67.6 Å². The van der Waals surface area contributed by atoms with Gasteiger partial charge in [-0.25, -0.2) is 13.1 Å². The summed E-state index contributed by atoms with van der Waals surface area (Å²) in [4.78, 5) is 1.30. The maximum Gasteiger partial charge on any atom is 0.240 e. The molecule has 2 rings (SSSR count). The van der Waals surface area contributed by atoms with Gasteiger partial charge in [-0.2, -0.15) is 0 Å². The van der Waals surface area contributed by atoms with Crippen LogP contribution in [0.25, 0.3) is 0 Å². The molecule has 1 N–H and O–H groups in total. The molecule has 4 nitrogen and oxygen atoms in total. The Balaban J connectivity index is 1.89. The van der Waals surface area contributed by atoms with Gasteiger partial charge >= 0.3 is 0 Å². The SMILES string of the molecule is CSc1ccc(S(=O)(=O)NCCOc2cc(C)cc(C)c2)cc1. The Hall–Kier alpha value is -1.50. The van der Waals surface area contributed by atoms with Gasteiger partial charge < -0.3 is 4.74 Å². The van der Waals surface area contributed by atoms with Crippen molar-refractivity contribution in [1.29, 1.82) is 0 Å². The van der Waals surface area contributed by atoms with Gasteiger partial charge in [0.05, 0.1) is 4.90 Å². The number of aryl methyl sites for hydroxylation is 2. The van der Waals surface area contributed by atoms with Crippen LogP contribution in [0.5, 0.6) is 5.75 Å². The van der Waals surface area contributed by atoms with Crippen molar-refractivity contribution in [2.45, 2.75) is 23.6 Å². The molecule has 0 heterocycles. The lowest BCUT2D eigenvalue weighted by Crippen LogP contribution is -2.28. The van der Waals surface area contributed by atoms with E-state index in [2.05, 4.69) is 10.8 Å². The Bertz CT molecular complexity index is 736. The first-order valence-electron chi connectivity index (χ1n) is 7.25. The predicted octanol–water partition coefficient (Wildman–Crippen LogP) is 3.38. The van der Waals surface area contributed by atoms with Crippen LogP contribution in [0.15, 0.2) is 52.3 Å². The number of ether oxygens (including phenoxy) is 1. The summed E-state index contributed by atoms with van der Waals surface area (Å²) in [5.41, 5.74) is 2.24.